The first kappa shape index (κ1) is 36.4. The molecule has 0 saturated carbocycles. The highest BCUT2D eigenvalue weighted by Gasteiger charge is 2.40. The fourth-order valence-electron chi connectivity index (χ4n) is 6.93. The van der Waals surface area contributed by atoms with Gasteiger partial charge in [-0.2, -0.15) is 0 Å². The lowest BCUT2D eigenvalue weighted by Crippen LogP contribution is -2.52. The Morgan fingerprint density at radius 3 is 2.60 bits per heavy atom. The van der Waals surface area contributed by atoms with Crippen molar-refractivity contribution in [2.24, 2.45) is 4.99 Å². The monoisotopic (exact) mass is 757 g/mol. The van der Waals surface area contributed by atoms with E-state index in [1.807, 2.05) is 47.9 Å². The molecule has 7 rings (SSSR count). The van der Waals surface area contributed by atoms with Crippen LogP contribution in [0.1, 0.15) is 87.3 Å². The first-order valence-corrected chi connectivity index (χ1v) is 18.9. The number of thiophene rings is 1. The Balaban J connectivity index is 0.881. The largest absolute Gasteiger partial charge is 0.493 e. The van der Waals surface area contributed by atoms with Crippen LogP contribution in [0.4, 0.5) is 0 Å². The quantitative estimate of drug-likeness (QED) is 0.144. The third-order valence-corrected chi connectivity index (χ3v) is 11.2. The number of carbonyl (C=O) groups is 4. The lowest BCUT2D eigenvalue weighted by atomic mass is 9.99. The smallest absolute Gasteiger partial charge is 0.258 e. The highest BCUT2D eigenvalue weighted by molar-refractivity contribution is 7.15. The molecule has 1 fully saturated rings. The molecule has 4 amide bonds. The van der Waals surface area contributed by atoms with Crippen LogP contribution in [-0.4, -0.2) is 81.4 Å². The minimum atomic E-state index is -0.675. The van der Waals surface area contributed by atoms with Gasteiger partial charge >= 0.3 is 0 Å². The van der Waals surface area contributed by atoms with Crippen LogP contribution in [0.25, 0.3) is 5.00 Å². The van der Waals surface area contributed by atoms with Crippen molar-refractivity contribution in [1.29, 1.82) is 0 Å². The molecule has 0 spiro atoms. The van der Waals surface area contributed by atoms with Crippen LogP contribution in [0.15, 0.2) is 47.5 Å². The number of aromatic nitrogens is 3. The molecule has 1 unspecified atom stereocenters. The number of hydrogen-bond acceptors (Lipinski definition) is 10. The molecule has 4 aromatic rings. The van der Waals surface area contributed by atoms with Crippen LogP contribution >= 0.6 is 22.9 Å². The number of aliphatic imine (C=N–C) groups is 1. The Kier molecular flexibility index (Phi) is 10.7. The van der Waals surface area contributed by atoms with Crippen molar-refractivity contribution in [2.45, 2.75) is 71.5 Å². The van der Waals surface area contributed by atoms with Crippen LogP contribution in [0.2, 0.25) is 5.02 Å². The summed E-state index contributed by atoms with van der Waals surface area (Å²) in [5, 5.41) is 15.8. The topological polar surface area (TPSA) is 157 Å². The van der Waals surface area contributed by atoms with Crippen LogP contribution in [0.3, 0.4) is 0 Å². The van der Waals surface area contributed by atoms with Crippen LogP contribution in [-0.2, 0) is 25.7 Å². The zero-order valence-electron chi connectivity index (χ0n) is 29.7. The van der Waals surface area contributed by atoms with Crippen molar-refractivity contribution in [3.8, 4) is 10.8 Å². The van der Waals surface area contributed by atoms with Gasteiger partial charge in [0.05, 0.1) is 24.3 Å². The number of halogens is 1. The van der Waals surface area contributed by atoms with Gasteiger partial charge in [-0.1, -0.05) is 35.9 Å². The molecule has 0 radical (unpaired) electrons. The maximum atomic E-state index is 13.3. The van der Waals surface area contributed by atoms with Gasteiger partial charge in [0.25, 0.3) is 5.91 Å². The fraction of sp³-hybridized carbons (Fsp3) is 0.395. The second kappa shape index (κ2) is 15.6. The van der Waals surface area contributed by atoms with Gasteiger partial charge in [0, 0.05) is 60.2 Å². The molecule has 5 heterocycles. The minimum Gasteiger partial charge on any atom is -0.493 e. The van der Waals surface area contributed by atoms with Crippen molar-refractivity contribution < 1.29 is 28.7 Å². The number of nitrogens with one attached hydrogen (secondary N) is 2. The van der Waals surface area contributed by atoms with Gasteiger partial charge in [0.1, 0.15) is 28.7 Å². The van der Waals surface area contributed by atoms with E-state index in [1.165, 1.54) is 9.78 Å². The van der Waals surface area contributed by atoms with Gasteiger partial charge < -0.3 is 19.7 Å². The number of benzene rings is 2. The van der Waals surface area contributed by atoms with Gasteiger partial charge in [-0.05, 0) is 62.9 Å². The Morgan fingerprint density at radius 2 is 1.81 bits per heavy atom. The van der Waals surface area contributed by atoms with Gasteiger partial charge in [0.2, 0.25) is 17.7 Å². The Morgan fingerprint density at radius 1 is 1.02 bits per heavy atom. The fourth-order valence-corrected chi connectivity index (χ4v) is 8.27. The Labute approximate surface area is 315 Å². The summed E-state index contributed by atoms with van der Waals surface area (Å²) in [7, 11) is 0. The molecule has 0 aliphatic carbocycles. The number of ether oxygens (including phenoxy) is 2. The van der Waals surface area contributed by atoms with Crippen molar-refractivity contribution in [1.82, 2.24) is 30.3 Å². The molecular weight excluding hydrogens is 718 g/mol. The van der Waals surface area contributed by atoms with Crippen molar-refractivity contribution in [3.63, 3.8) is 0 Å². The molecule has 1 saturated heterocycles. The first-order chi connectivity index (χ1) is 25.6. The summed E-state index contributed by atoms with van der Waals surface area (Å²) in [6, 6.07) is 11.8. The molecule has 2 atom stereocenters. The predicted octanol–water partition coefficient (Wildman–Crippen LogP) is 4.94. The number of hydrogen-bond donors (Lipinski definition) is 2. The molecule has 2 aromatic carbocycles. The first-order valence-electron chi connectivity index (χ1n) is 17.7. The SMILES string of the molecule is Cc1sc2c(c1C)C(c1ccc(Cl)cc1)=N[C@@H](CC(=O)NCCCOCCCOc1cccc3c1C(=O)N(C1CCC(=O)NC1=O)C3)c1nnc(C)n1-2. The van der Waals surface area contributed by atoms with E-state index in [9.17, 15) is 19.2 Å². The number of nitrogens with zero attached hydrogens (tertiary/aromatic N) is 5. The van der Waals surface area contributed by atoms with E-state index in [1.54, 1.807) is 17.4 Å². The standard InChI is InChI=1S/C38H40ClN7O6S/c1-21-22(2)53-38-32(21)34(24-9-11-26(39)12-10-24)41-27(35-44-43-23(3)46(35)38)19-31(48)40-15-5-16-51-17-6-18-52-29-8-4-7-25-20-45(37(50)33(25)29)28-13-14-30(47)42-36(28)49/h4,7-12,27-28H,5-6,13-20H2,1-3H3,(H,40,48)(H,42,47,49)/t27-,28?/m0/s1. The van der Waals surface area contributed by atoms with Crippen LogP contribution in [0.5, 0.6) is 5.75 Å². The minimum absolute atomic E-state index is 0.109. The van der Waals surface area contributed by atoms with Crippen molar-refractivity contribution >= 4 is 52.3 Å². The second-order valence-electron chi connectivity index (χ2n) is 13.3. The zero-order chi connectivity index (χ0) is 37.2. The normalized spacial score (nSPS) is 17.8. The van der Waals surface area contributed by atoms with E-state index >= 15 is 0 Å². The molecule has 15 heteroatoms. The van der Waals surface area contributed by atoms with E-state index in [4.69, 9.17) is 26.1 Å². The average molecular weight is 758 g/mol. The molecular formula is C38H40ClN7O6S. The van der Waals surface area contributed by atoms with Crippen molar-refractivity contribution in [3.05, 3.63) is 91.8 Å². The summed E-state index contributed by atoms with van der Waals surface area (Å²) in [6.07, 6.45) is 1.84. The maximum Gasteiger partial charge on any atom is 0.258 e. The summed E-state index contributed by atoms with van der Waals surface area (Å²) >= 11 is 7.88. The number of piperidine rings is 1. The third-order valence-electron chi connectivity index (χ3n) is 9.73. The summed E-state index contributed by atoms with van der Waals surface area (Å²) in [4.78, 5) is 58.3. The van der Waals surface area contributed by atoms with Crippen LogP contribution < -0.4 is 15.4 Å². The summed E-state index contributed by atoms with van der Waals surface area (Å²) in [5.41, 5.74) is 5.12. The average Bonchev–Trinajstić information content (AvgIpc) is 3.75. The van der Waals surface area contributed by atoms with E-state index in [0.717, 1.165) is 38.8 Å². The second-order valence-corrected chi connectivity index (χ2v) is 15.0. The van der Waals surface area contributed by atoms with E-state index < -0.39 is 18.0 Å². The molecule has 0 bridgehead atoms. The molecule has 53 heavy (non-hydrogen) atoms. The highest BCUT2D eigenvalue weighted by atomic mass is 35.5. The van der Waals surface area contributed by atoms with E-state index in [2.05, 4.69) is 34.7 Å². The molecule has 276 valence electrons. The Bertz CT molecular complexity index is 2110. The van der Waals surface area contributed by atoms with Gasteiger partial charge in [-0.15, -0.1) is 21.5 Å². The highest BCUT2D eigenvalue weighted by Crippen LogP contribution is 2.40. The number of fused-ring (bicyclic) bond motifs is 4. The number of rotatable bonds is 13. The van der Waals surface area contributed by atoms with Gasteiger partial charge in [-0.3, -0.25) is 34.1 Å². The summed E-state index contributed by atoms with van der Waals surface area (Å²) in [5.74, 6) is 0.664. The predicted molar refractivity (Wildman–Crippen MR) is 199 cm³/mol. The number of carbonyl (C=O) groups excluding carboxylic acids is 4. The summed E-state index contributed by atoms with van der Waals surface area (Å²) < 4.78 is 13.8. The number of amides is 4. The lowest BCUT2D eigenvalue weighted by Gasteiger charge is -2.29. The maximum absolute atomic E-state index is 13.3. The molecule has 3 aliphatic rings. The van der Waals surface area contributed by atoms with Gasteiger partial charge in [0.15, 0.2) is 5.82 Å². The zero-order valence-corrected chi connectivity index (χ0v) is 31.3. The number of aryl methyl sites for hydroxylation is 2. The van der Waals surface area contributed by atoms with E-state index in [0.29, 0.717) is 74.3 Å². The number of imide groups is 1. The summed E-state index contributed by atoms with van der Waals surface area (Å²) in [6.45, 7) is 8.07. The molecule has 2 N–H and O–H groups in total. The van der Waals surface area contributed by atoms with Gasteiger partial charge in [-0.25, -0.2) is 0 Å². The molecule has 13 nitrogen and oxygen atoms in total. The molecule has 2 aromatic heterocycles. The van der Waals surface area contributed by atoms with Crippen molar-refractivity contribution in [2.75, 3.05) is 26.4 Å². The lowest BCUT2D eigenvalue weighted by molar-refractivity contribution is -0.137. The Hall–Kier alpha value is -4.92. The van der Waals surface area contributed by atoms with E-state index in [-0.39, 0.29) is 30.6 Å². The third kappa shape index (κ3) is 7.48. The van der Waals surface area contributed by atoms with Crippen LogP contribution in [0, 0.1) is 20.8 Å². The molecule has 3 aliphatic heterocycles.